The van der Waals surface area contributed by atoms with Crippen LogP contribution >= 0.6 is 11.5 Å². The third kappa shape index (κ3) is 1.35. The van der Waals surface area contributed by atoms with Crippen molar-refractivity contribution in [2.24, 2.45) is 0 Å². The van der Waals surface area contributed by atoms with E-state index in [9.17, 15) is 0 Å². The number of fused-ring (bicyclic) bond motifs is 1. The second-order valence-corrected chi connectivity index (χ2v) is 5.13. The van der Waals surface area contributed by atoms with E-state index < -0.39 is 0 Å². The molecule has 0 aliphatic carbocycles. The third-order valence-electron chi connectivity index (χ3n) is 2.13. The fraction of sp³-hybridized carbons (Fsp3) is 0.400. The Labute approximate surface area is 87.1 Å². The summed E-state index contributed by atoms with van der Waals surface area (Å²) in [5, 5.41) is 1.02. The van der Waals surface area contributed by atoms with Crippen molar-refractivity contribution in [3.63, 3.8) is 0 Å². The van der Waals surface area contributed by atoms with Gasteiger partial charge in [-0.25, -0.2) is 0 Å². The quantitative estimate of drug-likeness (QED) is 0.722. The summed E-state index contributed by atoms with van der Waals surface area (Å²) in [5.41, 5.74) is 6.87. The van der Waals surface area contributed by atoms with Crippen LogP contribution in [0.4, 0.5) is 5.82 Å². The SMILES string of the molecule is CC(C)(C)c1nccc2c(N)nsc12. The van der Waals surface area contributed by atoms with Gasteiger partial charge in [0, 0.05) is 17.0 Å². The summed E-state index contributed by atoms with van der Waals surface area (Å²) in [5.74, 6) is 0.609. The van der Waals surface area contributed by atoms with Crippen molar-refractivity contribution in [3.05, 3.63) is 18.0 Å². The average Bonchev–Trinajstić information content (AvgIpc) is 2.46. The lowest BCUT2D eigenvalue weighted by Crippen LogP contribution is -2.13. The van der Waals surface area contributed by atoms with Crippen LogP contribution in [0.5, 0.6) is 0 Å². The number of anilines is 1. The predicted molar refractivity (Wildman–Crippen MR) is 60.5 cm³/mol. The molecular weight excluding hydrogens is 194 g/mol. The minimum Gasteiger partial charge on any atom is -0.382 e. The normalized spacial score (nSPS) is 12.2. The number of aromatic nitrogens is 2. The summed E-state index contributed by atoms with van der Waals surface area (Å²) >= 11 is 1.43. The van der Waals surface area contributed by atoms with Crippen molar-refractivity contribution >= 4 is 27.4 Å². The second-order valence-electron chi connectivity index (χ2n) is 4.35. The molecule has 0 aliphatic rings. The molecular formula is C10H13N3S. The Morgan fingerprint density at radius 3 is 2.71 bits per heavy atom. The molecule has 2 aromatic heterocycles. The number of hydrogen-bond acceptors (Lipinski definition) is 4. The lowest BCUT2D eigenvalue weighted by atomic mass is 9.91. The van der Waals surface area contributed by atoms with Crippen molar-refractivity contribution in [2.75, 3.05) is 5.73 Å². The zero-order valence-electron chi connectivity index (χ0n) is 8.53. The summed E-state index contributed by atoms with van der Waals surface area (Å²) in [7, 11) is 0. The lowest BCUT2D eigenvalue weighted by molar-refractivity contribution is 0.576. The maximum Gasteiger partial charge on any atom is 0.145 e. The molecule has 0 fully saturated rings. The molecule has 0 saturated heterocycles. The second kappa shape index (κ2) is 2.92. The molecule has 0 bridgehead atoms. The molecule has 0 spiro atoms. The molecule has 2 rings (SSSR count). The fourth-order valence-corrected chi connectivity index (χ4v) is 2.42. The van der Waals surface area contributed by atoms with Gasteiger partial charge in [-0.1, -0.05) is 20.8 Å². The number of rotatable bonds is 0. The Bertz CT molecular complexity index is 468. The maximum atomic E-state index is 5.76. The monoisotopic (exact) mass is 207 g/mol. The topological polar surface area (TPSA) is 51.8 Å². The molecule has 0 aliphatic heterocycles. The number of nitrogens with zero attached hydrogens (tertiary/aromatic N) is 2. The first-order chi connectivity index (χ1) is 6.50. The summed E-state index contributed by atoms with van der Waals surface area (Å²) < 4.78 is 5.26. The van der Waals surface area contributed by atoms with E-state index >= 15 is 0 Å². The van der Waals surface area contributed by atoms with Crippen LogP contribution in [0.3, 0.4) is 0 Å². The number of nitrogens with two attached hydrogens (primary N) is 1. The molecule has 2 aromatic rings. The highest BCUT2D eigenvalue weighted by atomic mass is 32.1. The lowest BCUT2D eigenvalue weighted by Gasteiger charge is -2.17. The van der Waals surface area contributed by atoms with E-state index in [1.807, 2.05) is 6.07 Å². The molecule has 4 heteroatoms. The zero-order chi connectivity index (χ0) is 10.3. The van der Waals surface area contributed by atoms with E-state index in [0.29, 0.717) is 5.82 Å². The van der Waals surface area contributed by atoms with Gasteiger partial charge in [0.1, 0.15) is 5.82 Å². The molecule has 2 heterocycles. The van der Waals surface area contributed by atoms with Crippen molar-refractivity contribution < 1.29 is 0 Å². The highest BCUT2D eigenvalue weighted by molar-refractivity contribution is 7.14. The number of nitrogen functional groups attached to an aromatic ring is 1. The van der Waals surface area contributed by atoms with Gasteiger partial charge in [0.15, 0.2) is 0 Å². The van der Waals surface area contributed by atoms with Gasteiger partial charge in [0.05, 0.1) is 10.4 Å². The fourth-order valence-electron chi connectivity index (χ4n) is 1.42. The largest absolute Gasteiger partial charge is 0.382 e. The maximum absolute atomic E-state index is 5.76. The van der Waals surface area contributed by atoms with E-state index in [1.54, 1.807) is 6.20 Å². The molecule has 2 N–H and O–H groups in total. The molecule has 0 atom stereocenters. The van der Waals surface area contributed by atoms with Crippen LogP contribution in [0.2, 0.25) is 0 Å². The zero-order valence-corrected chi connectivity index (χ0v) is 9.35. The molecule has 0 radical (unpaired) electrons. The van der Waals surface area contributed by atoms with Gasteiger partial charge >= 0.3 is 0 Å². The van der Waals surface area contributed by atoms with E-state index in [2.05, 4.69) is 30.1 Å². The first kappa shape index (κ1) is 9.40. The van der Waals surface area contributed by atoms with Gasteiger partial charge in [-0.05, 0) is 17.6 Å². The van der Waals surface area contributed by atoms with Gasteiger partial charge in [-0.2, -0.15) is 4.37 Å². The van der Waals surface area contributed by atoms with Crippen LogP contribution < -0.4 is 5.73 Å². The minimum atomic E-state index is 0.0402. The molecule has 0 amide bonds. The summed E-state index contributed by atoms with van der Waals surface area (Å²) in [6, 6.07) is 1.92. The van der Waals surface area contributed by atoms with Gasteiger partial charge < -0.3 is 5.73 Å². The van der Waals surface area contributed by atoms with E-state index in [0.717, 1.165) is 15.8 Å². The van der Waals surface area contributed by atoms with Crippen LogP contribution in [-0.4, -0.2) is 9.36 Å². The highest BCUT2D eigenvalue weighted by Gasteiger charge is 2.20. The minimum absolute atomic E-state index is 0.0402. The molecule has 0 aromatic carbocycles. The first-order valence-electron chi connectivity index (χ1n) is 4.50. The van der Waals surface area contributed by atoms with Gasteiger partial charge in [0.2, 0.25) is 0 Å². The Kier molecular flexibility index (Phi) is 1.96. The molecule has 0 unspecified atom stereocenters. The van der Waals surface area contributed by atoms with Gasteiger partial charge in [0.25, 0.3) is 0 Å². The summed E-state index contributed by atoms with van der Waals surface area (Å²) in [4.78, 5) is 4.41. The first-order valence-corrected chi connectivity index (χ1v) is 5.28. The van der Waals surface area contributed by atoms with Crippen LogP contribution in [0.1, 0.15) is 26.5 Å². The smallest absolute Gasteiger partial charge is 0.145 e. The van der Waals surface area contributed by atoms with Gasteiger partial charge in [-0.3, -0.25) is 4.98 Å². The Hall–Kier alpha value is -1.16. The van der Waals surface area contributed by atoms with Crippen LogP contribution in [0.15, 0.2) is 12.3 Å². The Morgan fingerprint density at radius 1 is 1.36 bits per heavy atom. The van der Waals surface area contributed by atoms with E-state index in [1.165, 1.54) is 11.5 Å². The van der Waals surface area contributed by atoms with Crippen LogP contribution in [0.25, 0.3) is 10.1 Å². The van der Waals surface area contributed by atoms with Crippen molar-refractivity contribution in [3.8, 4) is 0 Å². The number of hydrogen-bond donors (Lipinski definition) is 1. The third-order valence-corrected chi connectivity index (χ3v) is 3.01. The van der Waals surface area contributed by atoms with Crippen molar-refractivity contribution in [1.82, 2.24) is 9.36 Å². The summed E-state index contributed by atoms with van der Waals surface area (Å²) in [6.07, 6.45) is 1.80. The molecule has 0 saturated carbocycles. The molecule has 3 nitrogen and oxygen atoms in total. The Balaban J connectivity index is 2.79. The Morgan fingerprint density at radius 2 is 2.07 bits per heavy atom. The van der Waals surface area contributed by atoms with Crippen molar-refractivity contribution in [1.29, 1.82) is 0 Å². The van der Waals surface area contributed by atoms with Crippen LogP contribution in [0, 0.1) is 0 Å². The molecule has 14 heavy (non-hydrogen) atoms. The number of pyridine rings is 1. The predicted octanol–water partition coefficient (Wildman–Crippen LogP) is 2.57. The molecule has 74 valence electrons. The van der Waals surface area contributed by atoms with E-state index in [-0.39, 0.29) is 5.41 Å². The van der Waals surface area contributed by atoms with E-state index in [4.69, 9.17) is 5.73 Å². The van der Waals surface area contributed by atoms with Crippen LogP contribution in [-0.2, 0) is 5.41 Å². The van der Waals surface area contributed by atoms with Gasteiger partial charge in [-0.15, -0.1) is 0 Å². The van der Waals surface area contributed by atoms with Crippen molar-refractivity contribution in [2.45, 2.75) is 26.2 Å². The average molecular weight is 207 g/mol. The standard InChI is InChI=1S/C10H13N3S/c1-10(2,3)8-7-6(4-5-12-8)9(11)13-14-7/h4-5H,1-3H3,(H2,11,13). The highest BCUT2D eigenvalue weighted by Crippen LogP contribution is 2.32. The summed E-state index contributed by atoms with van der Waals surface area (Å²) in [6.45, 7) is 6.43.